The van der Waals surface area contributed by atoms with Crippen molar-refractivity contribution in [3.8, 4) is 0 Å². The summed E-state index contributed by atoms with van der Waals surface area (Å²) in [5.41, 5.74) is 0. The van der Waals surface area contributed by atoms with Gasteiger partial charge in [-0.15, -0.1) is 0 Å². The molecule has 6 heteroatoms. The molecule has 0 aromatic heterocycles. The van der Waals surface area contributed by atoms with Crippen LogP contribution in [-0.4, -0.2) is 37.2 Å². The third-order valence-corrected chi connectivity index (χ3v) is 10.4. The molecule has 334 valence electrons. The molecule has 0 aliphatic carbocycles. The van der Waals surface area contributed by atoms with Crippen molar-refractivity contribution in [2.45, 2.75) is 239 Å². The van der Waals surface area contributed by atoms with Crippen LogP contribution in [-0.2, 0) is 28.6 Å². The molecule has 0 amide bonds. The highest BCUT2D eigenvalue weighted by Crippen LogP contribution is 2.15. The van der Waals surface area contributed by atoms with Crippen LogP contribution in [0.1, 0.15) is 233 Å². The maximum Gasteiger partial charge on any atom is 0.306 e. The number of rotatable bonds is 43. The van der Waals surface area contributed by atoms with Gasteiger partial charge in [-0.3, -0.25) is 14.4 Å². The first-order valence-corrected chi connectivity index (χ1v) is 24.3. The molecule has 6 nitrogen and oxygen atoms in total. The second-order valence-corrected chi connectivity index (χ2v) is 16.1. The van der Waals surface area contributed by atoms with Crippen molar-refractivity contribution in [1.29, 1.82) is 0 Å². The maximum atomic E-state index is 12.8. The van der Waals surface area contributed by atoms with Crippen LogP contribution in [0.2, 0.25) is 0 Å². The van der Waals surface area contributed by atoms with Gasteiger partial charge in [-0.1, -0.05) is 210 Å². The summed E-state index contributed by atoms with van der Waals surface area (Å²) >= 11 is 0. The highest BCUT2D eigenvalue weighted by Gasteiger charge is 2.19. The van der Waals surface area contributed by atoms with Gasteiger partial charge in [0.15, 0.2) is 6.10 Å². The molecular formula is C52H90O6. The molecule has 1 unspecified atom stereocenters. The summed E-state index contributed by atoms with van der Waals surface area (Å²) in [5, 5.41) is 0. The van der Waals surface area contributed by atoms with Gasteiger partial charge in [0.05, 0.1) is 0 Å². The molecule has 0 bridgehead atoms. The Morgan fingerprint density at radius 1 is 0.362 bits per heavy atom. The number of hydrogen-bond donors (Lipinski definition) is 0. The lowest BCUT2D eigenvalue weighted by Crippen LogP contribution is -2.30. The first kappa shape index (κ1) is 55.1. The van der Waals surface area contributed by atoms with Gasteiger partial charge < -0.3 is 14.2 Å². The lowest BCUT2D eigenvalue weighted by Gasteiger charge is -2.18. The number of hydrogen-bond acceptors (Lipinski definition) is 6. The number of allylic oxidation sites excluding steroid dienone is 10. The molecule has 0 saturated carbocycles. The van der Waals surface area contributed by atoms with E-state index in [9.17, 15) is 14.4 Å². The SMILES string of the molecule is CC\C=C/C=C\C=C/C=C\CCCCCCCC(=O)OCC(COC(=O)CCCCCCC/C=C\CCCCC)OC(=O)CCCCCCCCCCCCCCC. The monoisotopic (exact) mass is 811 g/mol. The van der Waals surface area contributed by atoms with Crippen LogP contribution >= 0.6 is 0 Å². The number of esters is 3. The number of carbonyl (C=O) groups excluding carboxylic acids is 3. The summed E-state index contributed by atoms with van der Waals surface area (Å²) in [4.78, 5) is 37.8. The quantitative estimate of drug-likeness (QED) is 0.0201. The van der Waals surface area contributed by atoms with E-state index in [1.807, 2.05) is 18.2 Å². The second kappa shape index (κ2) is 46.8. The lowest BCUT2D eigenvalue weighted by molar-refractivity contribution is -0.167. The van der Waals surface area contributed by atoms with Crippen LogP contribution in [0.5, 0.6) is 0 Å². The summed E-state index contributed by atoms with van der Waals surface area (Å²) in [6, 6.07) is 0. The fourth-order valence-corrected chi connectivity index (χ4v) is 6.68. The van der Waals surface area contributed by atoms with Crippen LogP contribution in [0, 0.1) is 0 Å². The first-order valence-electron chi connectivity index (χ1n) is 24.3. The summed E-state index contributed by atoms with van der Waals surface area (Å²) < 4.78 is 16.7. The topological polar surface area (TPSA) is 78.9 Å². The van der Waals surface area contributed by atoms with Gasteiger partial charge in [-0.2, -0.15) is 0 Å². The first-order chi connectivity index (χ1) is 28.5. The molecule has 0 aromatic carbocycles. The summed E-state index contributed by atoms with van der Waals surface area (Å²) in [7, 11) is 0. The molecule has 0 aromatic rings. The molecule has 0 heterocycles. The Labute approximate surface area is 358 Å². The average molecular weight is 811 g/mol. The fourth-order valence-electron chi connectivity index (χ4n) is 6.68. The second-order valence-electron chi connectivity index (χ2n) is 16.1. The van der Waals surface area contributed by atoms with Crippen LogP contribution in [0.4, 0.5) is 0 Å². The van der Waals surface area contributed by atoms with Crippen LogP contribution in [0.25, 0.3) is 0 Å². The highest BCUT2D eigenvalue weighted by molar-refractivity contribution is 5.71. The van der Waals surface area contributed by atoms with E-state index in [1.54, 1.807) is 0 Å². The molecule has 58 heavy (non-hydrogen) atoms. The van der Waals surface area contributed by atoms with Crippen LogP contribution in [0.15, 0.2) is 60.8 Å². The summed E-state index contributed by atoms with van der Waals surface area (Å²) in [5.74, 6) is -0.915. The molecule has 0 aliphatic heterocycles. The standard InChI is InChI=1S/C52H90O6/c1-4-7-10-13-16-19-22-25-26-28-30-33-36-39-42-45-51(54)57-48-49(47-56-50(53)44-41-38-35-32-29-24-21-18-15-12-9-6-3)58-52(55)46-43-40-37-34-31-27-23-20-17-14-11-8-5-2/h7,10,13,16,18-19,21-22,25-26,49H,4-6,8-9,11-12,14-15,17,20,23-24,27-48H2,1-3H3/b10-7-,16-13-,21-18-,22-19-,26-25-. The van der Waals surface area contributed by atoms with Crippen LogP contribution in [0.3, 0.4) is 0 Å². The van der Waals surface area contributed by atoms with Gasteiger partial charge in [0.1, 0.15) is 13.2 Å². The Morgan fingerprint density at radius 3 is 1.14 bits per heavy atom. The molecule has 0 aliphatic rings. The third kappa shape index (κ3) is 44.2. The Morgan fingerprint density at radius 2 is 0.690 bits per heavy atom. The molecule has 0 radical (unpaired) electrons. The minimum absolute atomic E-state index is 0.0850. The van der Waals surface area contributed by atoms with E-state index in [0.717, 1.165) is 89.9 Å². The minimum Gasteiger partial charge on any atom is -0.462 e. The highest BCUT2D eigenvalue weighted by atomic mass is 16.6. The van der Waals surface area contributed by atoms with Gasteiger partial charge in [-0.05, 0) is 64.2 Å². The normalized spacial score (nSPS) is 12.5. The van der Waals surface area contributed by atoms with Crippen molar-refractivity contribution in [2.75, 3.05) is 13.2 Å². The van der Waals surface area contributed by atoms with Crippen molar-refractivity contribution < 1.29 is 28.6 Å². The van der Waals surface area contributed by atoms with Gasteiger partial charge >= 0.3 is 17.9 Å². The number of ether oxygens (including phenoxy) is 3. The van der Waals surface area contributed by atoms with E-state index in [1.165, 1.54) is 103 Å². The summed E-state index contributed by atoms with van der Waals surface area (Å²) in [6.45, 7) is 6.44. The lowest BCUT2D eigenvalue weighted by atomic mass is 10.0. The van der Waals surface area contributed by atoms with Crippen LogP contribution < -0.4 is 0 Å². The fraction of sp³-hybridized carbons (Fsp3) is 0.750. The number of carbonyl (C=O) groups is 3. The van der Waals surface area contributed by atoms with E-state index >= 15 is 0 Å². The van der Waals surface area contributed by atoms with Gasteiger partial charge in [0.2, 0.25) is 0 Å². The largest absolute Gasteiger partial charge is 0.462 e. The minimum atomic E-state index is -0.783. The average Bonchev–Trinajstić information content (AvgIpc) is 3.22. The van der Waals surface area contributed by atoms with Gasteiger partial charge in [0.25, 0.3) is 0 Å². The van der Waals surface area contributed by atoms with E-state index in [4.69, 9.17) is 14.2 Å². The Hall–Kier alpha value is -2.89. The van der Waals surface area contributed by atoms with E-state index in [0.29, 0.717) is 19.3 Å². The van der Waals surface area contributed by atoms with E-state index in [-0.39, 0.29) is 31.1 Å². The van der Waals surface area contributed by atoms with Crippen molar-refractivity contribution in [1.82, 2.24) is 0 Å². The molecule has 0 saturated heterocycles. The molecule has 0 spiro atoms. The Bertz CT molecular complexity index is 1070. The zero-order chi connectivity index (χ0) is 42.3. The van der Waals surface area contributed by atoms with Crippen molar-refractivity contribution in [2.24, 2.45) is 0 Å². The zero-order valence-electron chi connectivity index (χ0n) is 38.0. The molecule has 0 N–H and O–H groups in total. The predicted octanol–water partition coefficient (Wildman–Crippen LogP) is 15.7. The van der Waals surface area contributed by atoms with Crippen molar-refractivity contribution >= 4 is 17.9 Å². The molecule has 0 fully saturated rings. The molecular weight excluding hydrogens is 721 g/mol. The Balaban J connectivity index is 4.42. The van der Waals surface area contributed by atoms with Gasteiger partial charge in [-0.25, -0.2) is 0 Å². The molecule has 0 rings (SSSR count). The summed E-state index contributed by atoms with van der Waals surface area (Å²) in [6.07, 6.45) is 56.2. The molecule has 1 atom stereocenters. The van der Waals surface area contributed by atoms with E-state index < -0.39 is 6.10 Å². The number of unbranched alkanes of at least 4 members (excludes halogenated alkanes) is 25. The zero-order valence-corrected chi connectivity index (χ0v) is 38.0. The smallest absolute Gasteiger partial charge is 0.306 e. The van der Waals surface area contributed by atoms with Gasteiger partial charge in [0, 0.05) is 19.3 Å². The van der Waals surface area contributed by atoms with Crippen molar-refractivity contribution in [3.05, 3.63) is 60.8 Å². The van der Waals surface area contributed by atoms with E-state index in [2.05, 4.69) is 63.3 Å². The third-order valence-electron chi connectivity index (χ3n) is 10.4. The Kier molecular flexibility index (Phi) is 44.5. The van der Waals surface area contributed by atoms with Crippen molar-refractivity contribution in [3.63, 3.8) is 0 Å². The maximum absolute atomic E-state index is 12.8. The predicted molar refractivity (Wildman–Crippen MR) is 247 cm³/mol.